The van der Waals surface area contributed by atoms with Gasteiger partial charge in [0.2, 0.25) is 10.0 Å². The van der Waals surface area contributed by atoms with Crippen LogP contribution in [-0.2, 0) is 16.4 Å². The molecule has 0 aromatic heterocycles. The molecular formula is C19H34N4O2S. The monoisotopic (exact) mass is 382 g/mol. The van der Waals surface area contributed by atoms with Crippen molar-refractivity contribution in [3.63, 3.8) is 0 Å². The standard InChI is InChI=1S/C19H34N4O2S/c1-5-20-19(22-14-15-23-26(24,25)6-2)21-13-7-8-17-9-11-18(12-10-17)16(3)4/h9-12,16,23H,5-8,13-15H2,1-4H3,(H2,20,21,22). The molecule has 26 heavy (non-hydrogen) atoms. The van der Waals surface area contributed by atoms with Crippen LogP contribution in [0.2, 0.25) is 0 Å². The van der Waals surface area contributed by atoms with E-state index in [0.717, 1.165) is 31.9 Å². The van der Waals surface area contributed by atoms with E-state index in [1.807, 2.05) is 6.92 Å². The summed E-state index contributed by atoms with van der Waals surface area (Å²) in [5.41, 5.74) is 2.70. The lowest BCUT2D eigenvalue weighted by atomic mass is 10.0. The quantitative estimate of drug-likeness (QED) is 0.311. The van der Waals surface area contributed by atoms with Crippen molar-refractivity contribution in [2.24, 2.45) is 4.99 Å². The lowest BCUT2D eigenvalue weighted by Crippen LogP contribution is -2.41. The Hall–Kier alpha value is -1.60. The van der Waals surface area contributed by atoms with E-state index in [9.17, 15) is 8.42 Å². The zero-order valence-corrected chi connectivity index (χ0v) is 17.3. The molecule has 3 N–H and O–H groups in total. The van der Waals surface area contributed by atoms with Crippen molar-refractivity contribution in [1.82, 2.24) is 15.4 Å². The molecule has 0 radical (unpaired) electrons. The van der Waals surface area contributed by atoms with Crippen LogP contribution in [0, 0.1) is 0 Å². The minimum atomic E-state index is -3.14. The molecule has 0 aliphatic rings. The smallest absolute Gasteiger partial charge is 0.211 e. The van der Waals surface area contributed by atoms with Gasteiger partial charge in [-0.1, -0.05) is 38.1 Å². The van der Waals surface area contributed by atoms with Gasteiger partial charge in [-0.05, 0) is 43.7 Å². The van der Waals surface area contributed by atoms with E-state index in [1.54, 1.807) is 6.92 Å². The van der Waals surface area contributed by atoms with Gasteiger partial charge in [0.15, 0.2) is 5.96 Å². The third-order valence-corrected chi connectivity index (χ3v) is 5.41. The van der Waals surface area contributed by atoms with Crippen LogP contribution >= 0.6 is 0 Å². The van der Waals surface area contributed by atoms with E-state index >= 15 is 0 Å². The van der Waals surface area contributed by atoms with E-state index in [1.165, 1.54) is 11.1 Å². The molecule has 7 heteroatoms. The number of benzene rings is 1. The first-order valence-corrected chi connectivity index (χ1v) is 11.1. The van der Waals surface area contributed by atoms with Gasteiger partial charge in [0, 0.05) is 26.2 Å². The van der Waals surface area contributed by atoms with Crippen molar-refractivity contribution in [1.29, 1.82) is 0 Å². The van der Waals surface area contributed by atoms with Crippen LogP contribution in [0.5, 0.6) is 0 Å². The van der Waals surface area contributed by atoms with Gasteiger partial charge in [-0.25, -0.2) is 13.1 Å². The average Bonchev–Trinajstić information content (AvgIpc) is 2.62. The van der Waals surface area contributed by atoms with Crippen LogP contribution in [-0.4, -0.2) is 46.3 Å². The topological polar surface area (TPSA) is 82.6 Å². The number of guanidine groups is 1. The molecule has 0 bridgehead atoms. The Balaban J connectivity index is 2.36. The molecule has 0 atom stereocenters. The van der Waals surface area contributed by atoms with Crippen LogP contribution in [0.25, 0.3) is 0 Å². The number of nitrogens with one attached hydrogen (secondary N) is 3. The highest BCUT2D eigenvalue weighted by atomic mass is 32.2. The van der Waals surface area contributed by atoms with E-state index in [-0.39, 0.29) is 5.75 Å². The first kappa shape index (κ1) is 22.4. The van der Waals surface area contributed by atoms with Crippen molar-refractivity contribution in [3.05, 3.63) is 35.4 Å². The largest absolute Gasteiger partial charge is 0.357 e. The summed E-state index contributed by atoms with van der Waals surface area (Å²) >= 11 is 0. The van der Waals surface area contributed by atoms with Gasteiger partial charge >= 0.3 is 0 Å². The Morgan fingerprint density at radius 3 is 2.35 bits per heavy atom. The molecule has 1 aromatic carbocycles. The Bertz CT molecular complexity index is 640. The summed E-state index contributed by atoms with van der Waals surface area (Å²) in [4.78, 5) is 4.55. The summed E-state index contributed by atoms with van der Waals surface area (Å²) in [5.74, 6) is 1.38. The third-order valence-electron chi connectivity index (χ3n) is 4.00. The van der Waals surface area contributed by atoms with E-state index in [0.29, 0.717) is 19.0 Å². The minimum Gasteiger partial charge on any atom is -0.357 e. The second-order valence-electron chi connectivity index (χ2n) is 6.49. The van der Waals surface area contributed by atoms with Crippen LogP contribution < -0.4 is 15.4 Å². The molecule has 0 heterocycles. The molecule has 0 unspecified atom stereocenters. The Morgan fingerprint density at radius 1 is 1.08 bits per heavy atom. The summed E-state index contributed by atoms with van der Waals surface area (Å²) in [5, 5.41) is 6.32. The van der Waals surface area contributed by atoms with E-state index in [2.05, 4.69) is 58.5 Å². The molecule has 0 saturated carbocycles. The normalized spacial score (nSPS) is 12.4. The maximum absolute atomic E-state index is 11.4. The van der Waals surface area contributed by atoms with Gasteiger partial charge < -0.3 is 10.6 Å². The van der Waals surface area contributed by atoms with Crippen molar-refractivity contribution in [2.45, 2.75) is 46.5 Å². The fourth-order valence-corrected chi connectivity index (χ4v) is 2.99. The van der Waals surface area contributed by atoms with Gasteiger partial charge in [0.25, 0.3) is 0 Å². The molecular weight excluding hydrogens is 348 g/mol. The SMILES string of the molecule is CCNC(=NCCCc1ccc(C(C)C)cc1)NCCNS(=O)(=O)CC. The molecule has 1 rings (SSSR count). The summed E-state index contributed by atoms with van der Waals surface area (Å²) in [7, 11) is -3.14. The second-order valence-corrected chi connectivity index (χ2v) is 8.58. The third kappa shape index (κ3) is 9.20. The number of hydrogen-bond donors (Lipinski definition) is 3. The molecule has 0 saturated heterocycles. The molecule has 0 aliphatic heterocycles. The van der Waals surface area contributed by atoms with Gasteiger partial charge in [-0.15, -0.1) is 0 Å². The number of rotatable bonds is 11. The van der Waals surface area contributed by atoms with E-state index in [4.69, 9.17) is 0 Å². The maximum Gasteiger partial charge on any atom is 0.211 e. The first-order valence-electron chi connectivity index (χ1n) is 9.46. The van der Waals surface area contributed by atoms with Crippen LogP contribution in [0.3, 0.4) is 0 Å². The first-order chi connectivity index (χ1) is 12.4. The van der Waals surface area contributed by atoms with Crippen LogP contribution in [0.15, 0.2) is 29.3 Å². The molecule has 148 valence electrons. The Morgan fingerprint density at radius 2 is 1.77 bits per heavy atom. The van der Waals surface area contributed by atoms with Crippen LogP contribution in [0.1, 0.15) is 51.2 Å². The van der Waals surface area contributed by atoms with Crippen molar-refractivity contribution in [2.75, 3.05) is 31.9 Å². The maximum atomic E-state index is 11.4. The minimum absolute atomic E-state index is 0.0965. The highest BCUT2D eigenvalue weighted by Crippen LogP contribution is 2.15. The van der Waals surface area contributed by atoms with Gasteiger partial charge in [-0.3, -0.25) is 4.99 Å². The van der Waals surface area contributed by atoms with Crippen molar-refractivity contribution in [3.8, 4) is 0 Å². The number of sulfonamides is 1. The summed E-state index contributed by atoms with van der Waals surface area (Å²) < 4.78 is 25.3. The predicted octanol–water partition coefficient (Wildman–Crippen LogP) is 2.24. The van der Waals surface area contributed by atoms with Gasteiger partial charge in [0.1, 0.15) is 0 Å². The van der Waals surface area contributed by atoms with Crippen molar-refractivity contribution >= 4 is 16.0 Å². The Kier molecular flexibility index (Phi) is 10.3. The predicted molar refractivity (Wildman–Crippen MR) is 110 cm³/mol. The zero-order chi connectivity index (χ0) is 19.4. The highest BCUT2D eigenvalue weighted by molar-refractivity contribution is 7.89. The number of nitrogens with zero attached hydrogens (tertiary/aromatic N) is 1. The fourth-order valence-electron chi connectivity index (χ4n) is 2.37. The molecule has 6 nitrogen and oxygen atoms in total. The zero-order valence-electron chi connectivity index (χ0n) is 16.5. The number of aryl methyl sites for hydroxylation is 1. The average molecular weight is 383 g/mol. The fraction of sp³-hybridized carbons (Fsp3) is 0.632. The molecule has 1 aromatic rings. The van der Waals surface area contributed by atoms with Gasteiger partial charge in [-0.2, -0.15) is 0 Å². The molecule has 0 fully saturated rings. The van der Waals surface area contributed by atoms with Crippen LogP contribution in [0.4, 0.5) is 0 Å². The Labute approximate surface area is 158 Å². The lowest BCUT2D eigenvalue weighted by Gasteiger charge is -2.12. The number of aliphatic imine (C=N–C) groups is 1. The second kappa shape index (κ2) is 11.9. The summed E-state index contributed by atoms with van der Waals surface area (Å²) in [6, 6.07) is 8.79. The van der Waals surface area contributed by atoms with E-state index < -0.39 is 10.0 Å². The lowest BCUT2D eigenvalue weighted by molar-refractivity contribution is 0.582. The summed E-state index contributed by atoms with van der Waals surface area (Å²) in [6.45, 7) is 10.4. The number of hydrogen-bond acceptors (Lipinski definition) is 3. The molecule has 0 aliphatic carbocycles. The van der Waals surface area contributed by atoms with Crippen molar-refractivity contribution < 1.29 is 8.42 Å². The molecule has 0 amide bonds. The molecule has 0 spiro atoms. The highest BCUT2D eigenvalue weighted by Gasteiger charge is 2.05. The van der Waals surface area contributed by atoms with Gasteiger partial charge in [0.05, 0.1) is 5.75 Å². The summed E-state index contributed by atoms with van der Waals surface area (Å²) in [6.07, 6.45) is 1.97.